The Bertz CT molecular complexity index is 498. The smallest absolute Gasteiger partial charge is 0.175 e. The largest absolute Gasteiger partial charge is 0.226 e. The summed E-state index contributed by atoms with van der Waals surface area (Å²) in [6.45, 7) is 0. The molecule has 0 aromatic carbocycles. The number of rotatable bonds is 3. The first-order valence-corrected chi connectivity index (χ1v) is 7.18. The highest BCUT2D eigenvalue weighted by atomic mass is 79.9. The Hall–Kier alpha value is -0.530. The van der Waals surface area contributed by atoms with Crippen LogP contribution < -0.4 is 0 Å². The van der Waals surface area contributed by atoms with Crippen molar-refractivity contribution in [2.45, 2.75) is 28.1 Å². The van der Waals surface area contributed by atoms with Crippen LogP contribution in [-0.2, 0) is 0 Å². The SMILES string of the molecule is Brc1cc(Sc2ncns2)nc(C2CC2)n1. The quantitative estimate of drug-likeness (QED) is 0.815. The molecule has 1 fully saturated rings. The van der Waals surface area contributed by atoms with Crippen LogP contribution in [0.25, 0.3) is 0 Å². The maximum absolute atomic E-state index is 4.53. The van der Waals surface area contributed by atoms with Crippen LogP contribution in [0.2, 0.25) is 0 Å². The van der Waals surface area contributed by atoms with Gasteiger partial charge in [-0.1, -0.05) is 0 Å². The normalized spacial score (nSPS) is 15.3. The zero-order valence-corrected chi connectivity index (χ0v) is 11.3. The van der Waals surface area contributed by atoms with E-state index in [1.807, 2.05) is 6.07 Å². The molecule has 0 N–H and O–H groups in total. The number of halogens is 1. The van der Waals surface area contributed by atoms with E-state index in [4.69, 9.17) is 0 Å². The Kier molecular flexibility index (Phi) is 2.91. The third kappa shape index (κ3) is 2.41. The van der Waals surface area contributed by atoms with Crippen molar-refractivity contribution in [2.75, 3.05) is 0 Å². The fraction of sp³-hybridized carbons (Fsp3) is 0.333. The van der Waals surface area contributed by atoms with Gasteiger partial charge in [-0.05, 0) is 52.1 Å². The lowest BCUT2D eigenvalue weighted by Crippen LogP contribution is -1.94. The number of aromatic nitrogens is 4. The molecule has 3 rings (SSSR count). The van der Waals surface area contributed by atoms with E-state index >= 15 is 0 Å². The van der Waals surface area contributed by atoms with Crippen molar-refractivity contribution in [2.24, 2.45) is 0 Å². The third-order valence-electron chi connectivity index (χ3n) is 2.16. The van der Waals surface area contributed by atoms with Crippen LogP contribution >= 0.6 is 39.2 Å². The van der Waals surface area contributed by atoms with Crippen molar-refractivity contribution >= 4 is 39.2 Å². The van der Waals surface area contributed by atoms with Gasteiger partial charge in [-0.15, -0.1) is 0 Å². The molecule has 2 aromatic rings. The lowest BCUT2D eigenvalue weighted by Gasteiger charge is -2.01. The van der Waals surface area contributed by atoms with Crippen molar-refractivity contribution in [3.05, 3.63) is 22.8 Å². The molecule has 0 aliphatic heterocycles. The first-order chi connectivity index (χ1) is 7.81. The first kappa shape index (κ1) is 10.6. The maximum Gasteiger partial charge on any atom is 0.175 e. The Balaban J connectivity index is 1.88. The van der Waals surface area contributed by atoms with E-state index in [0.717, 1.165) is 19.8 Å². The summed E-state index contributed by atoms with van der Waals surface area (Å²) in [5.41, 5.74) is 0. The van der Waals surface area contributed by atoms with Gasteiger partial charge in [0, 0.05) is 12.0 Å². The van der Waals surface area contributed by atoms with Crippen molar-refractivity contribution in [3.8, 4) is 0 Å². The minimum absolute atomic E-state index is 0.561. The van der Waals surface area contributed by atoms with Gasteiger partial charge in [0.1, 0.15) is 21.8 Å². The molecule has 0 spiro atoms. The summed E-state index contributed by atoms with van der Waals surface area (Å²) in [6.07, 6.45) is 3.98. The van der Waals surface area contributed by atoms with Gasteiger partial charge < -0.3 is 0 Å². The Morgan fingerprint density at radius 2 is 2.25 bits per heavy atom. The molecule has 16 heavy (non-hydrogen) atoms. The van der Waals surface area contributed by atoms with E-state index < -0.39 is 0 Å². The molecule has 0 unspecified atom stereocenters. The van der Waals surface area contributed by atoms with Crippen molar-refractivity contribution in [1.82, 2.24) is 19.3 Å². The summed E-state index contributed by atoms with van der Waals surface area (Å²) in [7, 11) is 0. The fourth-order valence-corrected chi connectivity index (χ4v) is 3.24. The van der Waals surface area contributed by atoms with Crippen LogP contribution in [0.4, 0.5) is 0 Å². The van der Waals surface area contributed by atoms with Gasteiger partial charge in [0.05, 0.1) is 0 Å². The highest BCUT2D eigenvalue weighted by molar-refractivity contribution is 9.10. The number of nitrogens with zero attached hydrogens (tertiary/aromatic N) is 4. The molecule has 0 bridgehead atoms. The molecular formula is C9H7BrN4S2. The predicted molar refractivity (Wildman–Crippen MR) is 65.7 cm³/mol. The number of hydrogen-bond donors (Lipinski definition) is 0. The second kappa shape index (κ2) is 4.38. The predicted octanol–water partition coefficient (Wildman–Crippen LogP) is 3.12. The van der Waals surface area contributed by atoms with Gasteiger partial charge in [0.15, 0.2) is 4.34 Å². The van der Waals surface area contributed by atoms with E-state index in [-0.39, 0.29) is 0 Å². The molecule has 0 radical (unpaired) electrons. The summed E-state index contributed by atoms with van der Waals surface area (Å²) in [6, 6.07) is 1.91. The summed E-state index contributed by atoms with van der Waals surface area (Å²) in [5, 5.41) is 0.931. The number of hydrogen-bond acceptors (Lipinski definition) is 6. The second-order valence-electron chi connectivity index (χ2n) is 3.47. The minimum Gasteiger partial charge on any atom is -0.226 e. The molecule has 0 amide bonds. The van der Waals surface area contributed by atoms with E-state index in [0.29, 0.717) is 5.92 Å². The zero-order valence-electron chi connectivity index (χ0n) is 8.13. The summed E-state index contributed by atoms with van der Waals surface area (Å²) >= 11 is 6.33. The molecular weight excluding hydrogens is 308 g/mol. The lowest BCUT2D eigenvalue weighted by molar-refractivity contribution is 0.866. The average molecular weight is 315 g/mol. The van der Waals surface area contributed by atoms with Crippen LogP contribution in [-0.4, -0.2) is 19.3 Å². The van der Waals surface area contributed by atoms with E-state index in [9.17, 15) is 0 Å². The molecule has 0 saturated heterocycles. The Morgan fingerprint density at radius 1 is 1.38 bits per heavy atom. The fourth-order valence-electron chi connectivity index (χ4n) is 1.29. The molecule has 2 heterocycles. The molecule has 7 heteroatoms. The summed E-state index contributed by atoms with van der Waals surface area (Å²) in [4.78, 5) is 13.0. The maximum atomic E-state index is 4.53. The van der Waals surface area contributed by atoms with Crippen LogP contribution in [0, 0.1) is 0 Å². The van der Waals surface area contributed by atoms with Crippen molar-refractivity contribution < 1.29 is 0 Å². The lowest BCUT2D eigenvalue weighted by atomic mass is 10.4. The zero-order chi connectivity index (χ0) is 11.0. The van der Waals surface area contributed by atoms with Crippen LogP contribution in [0.15, 0.2) is 26.4 Å². The Morgan fingerprint density at radius 3 is 2.94 bits per heavy atom. The molecule has 1 aliphatic carbocycles. The van der Waals surface area contributed by atoms with Crippen LogP contribution in [0.3, 0.4) is 0 Å². The van der Waals surface area contributed by atoms with Gasteiger partial charge >= 0.3 is 0 Å². The molecule has 2 aromatic heterocycles. The van der Waals surface area contributed by atoms with E-state index in [1.54, 1.807) is 6.33 Å². The standard InChI is InChI=1S/C9H7BrN4S2/c10-6-3-7(15-9-11-4-12-16-9)14-8(13-6)5-1-2-5/h3-5H,1-2H2. The highest BCUT2D eigenvalue weighted by Gasteiger charge is 2.27. The summed E-state index contributed by atoms with van der Waals surface area (Å²) < 4.78 is 5.72. The molecule has 1 aliphatic rings. The first-order valence-electron chi connectivity index (χ1n) is 4.80. The van der Waals surface area contributed by atoms with Crippen molar-refractivity contribution in [3.63, 3.8) is 0 Å². The molecule has 82 valence electrons. The second-order valence-corrected chi connectivity index (χ2v) is 6.33. The summed E-state index contributed by atoms with van der Waals surface area (Å²) in [5.74, 6) is 1.51. The van der Waals surface area contributed by atoms with E-state index in [2.05, 4.69) is 35.3 Å². The molecule has 1 saturated carbocycles. The van der Waals surface area contributed by atoms with Gasteiger partial charge in [-0.25, -0.2) is 15.0 Å². The topological polar surface area (TPSA) is 51.6 Å². The van der Waals surface area contributed by atoms with Crippen LogP contribution in [0.5, 0.6) is 0 Å². The van der Waals surface area contributed by atoms with Gasteiger partial charge in [-0.2, -0.15) is 4.37 Å². The van der Waals surface area contributed by atoms with Gasteiger partial charge in [0.2, 0.25) is 0 Å². The van der Waals surface area contributed by atoms with E-state index in [1.165, 1.54) is 36.1 Å². The van der Waals surface area contributed by atoms with Gasteiger partial charge in [-0.3, -0.25) is 0 Å². The monoisotopic (exact) mass is 314 g/mol. The van der Waals surface area contributed by atoms with Gasteiger partial charge in [0.25, 0.3) is 0 Å². The molecule has 0 atom stereocenters. The Labute approximate surface area is 109 Å². The average Bonchev–Trinajstić information content (AvgIpc) is 2.98. The third-order valence-corrected chi connectivity index (χ3v) is 4.20. The molecule has 4 nitrogen and oxygen atoms in total. The van der Waals surface area contributed by atoms with Crippen molar-refractivity contribution in [1.29, 1.82) is 0 Å². The van der Waals surface area contributed by atoms with Crippen LogP contribution in [0.1, 0.15) is 24.6 Å². The highest BCUT2D eigenvalue weighted by Crippen LogP contribution is 2.39. The minimum atomic E-state index is 0.561.